The van der Waals surface area contributed by atoms with Gasteiger partial charge >= 0.3 is 0 Å². The van der Waals surface area contributed by atoms with Crippen molar-refractivity contribution < 1.29 is 8.78 Å². The topological polar surface area (TPSA) is 12.0 Å². The molecule has 0 aliphatic rings. The van der Waals surface area contributed by atoms with E-state index in [0.717, 1.165) is 17.4 Å². The summed E-state index contributed by atoms with van der Waals surface area (Å²) >= 11 is 4.77. The monoisotopic (exact) mass is 345 g/mol. The predicted octanol–water partition coefficient (Wildman–Crippen LogP) is 5.52. The van der Waals surface area contributed by atoms with E-state index in [1.807, 2.05) is 13.0 Å². The van der Waals surface area contributed by atoms with Crippen LogP contribution in [0.25, 0.3) is 0 Å². The number of halogens is 3. The lowest BCUT2D eigenvalue weighted by atomic mass is 10.2. The summed E-state index contributed by atoms with van der Waals surface area (Å²) in [6.45, 7) is 4.06. The van der Waals surface area contributed by atoms with Crippen molar-refractivity contribution in [3.05, 3.63) is 50.1 Å². The summed E-state index contributed by atoms with van der Waals surface area (Å²) < 4.78 is 27.1. The maximum atomic E-state index is 13.7. The number of anilines is 1. The third kappa shape index (κ3) is 3.34. The average molecular weight is 346 g/mol. The van der Waals surface area contributed by atoms with Gasteiger partial charge in [-0.3, -0.25) is 0 Å². The van der Waals surface area contributed by atoms with E-state index < -0.39 is 11.6 Å². The molecule has 0 saturated carbocycles. The molecule has 1 atom stereocenters. The van der Waals surface area contributed by atoms with Crippen LogP contribution in [0.15, 0.2) is 28.7 Å². The standard InChI is InChI=1S/C14H14BrF2NS/c1-3-9-4-5-14(19-9)8(2)18-13-6-10(15)11(16)7-12(13)17/h4-8,18H,3H2,1-2H3. The quantitative estimate of drug-likeness (QED) is 0.719. The van der Waals surface area contributed by atoms with Gasteiger partial charge in [-0.1, -0.05) is 6.92 Å². The van der Waals surface area contributed by atoms with Crippen LogP contribution in [-0.4, -0.2) is 0 Å². The maximum absolute atomic E-state index is 13.7. The highest BCUT2D eigenvalue weighted by Gasteiger charge is 2.13. The normalized spacial score (nSPS) is 12.5. The second-order valence-electron chi connectivity index (χ2n) is 4.27. The zero-order chi connectivity index (χ0) is 14.0. The molecule has 1 nitrogen and oxygen atoms in total. The van der Waals surface area contributed by atoms with Crippen LogP contribution in [-0.2, 0) is 6.42 Å². The van der Waals surface area contributed by atoms with Gasteiger partial charge < -0.3 is 5.32 Å². The fraction of sp³-hybridized carbons (Fsp3) is 0.286. The molecule has 0 aliphatic heterocycles. The highest BCUT2D eigenvalue weighted by atomic mass is 79.9. The van der Waals surface area contributed by atoms with Crippen molar-refractivity contribution in [2.45, 2.75) is 26.3 Å². The number of hydrogen-bond donors (Lipinski definition) is 1. The van der Waals surface area contributed by atoms with Crippen molar-refractivity contribution >= 4 is 33.0 Å². The van der Waals surface area contributed by atoms with Crippen molar-refractivity contribution in [2.75, 3.05) is 5.32 Å². The van der Waals surface area contributed by atoms with E-state index in [1.165, 1.54) is 10.9 Å². The van der Waals surface area contributed by atoms with Crippen LogP contribution in [0.1, 0.15) is 29.6 Å². The summed E-state index contributed by atoms with van der Waals surface area (Å²) in [5, 5.41) is 3.07. The molecular formula is C14H14BrF2NS. The fourth-order valence-corrected chi connectivity index (χ4v) is 3.05. The van der Waals surface area contributed by atoms with E-state index in [0.29, 0.717) is 5.69 Å². The van der Waals surface area contributed by atoms with Gasteiger partial charge in [0.25, 0.3) is 0 Å². The van der Waals surface area contributed by atoms with Gasteiger partial charge in [0, 0.05) is 15.8 Å². The Balaban J connectivity index is 2.18. The van der Waals surface area contributed by atoms with Crippen molar-refractivity contribution in [3.8, 4) is 0 Å². The van der Waals surface area contributed by atoms with E-state index in [1.54, 1.807) is 11.3 Å². The largest absolute Gasteiger partial charge is 0.375 e. The molecule has 2 aromatic rings. The van der Waals surface area contributed by atoms with E-state index in [-0.39, 0.29) is 10.5 Å². The molecule has 0 radical (unpaired) electrons. The molecule has 0 amide bonds. The molecule has 102 valence electrons. The van der Waals surface area contributed by atoms with Crippen LogP contribution in [0.4, 0.5) is 14.5 Å². The second kappa shape index (κ2) is 6.01. The molecule has 1 aromatic heterocycles. The zero-order valence-corrected chi connectivity index (χ0v) is 13.0. The molecule has 0 spiro atoms. The molecule has 2 rings (SSSR count). The number of hydrogen-bond acceptors (Lipinski definition) is 2. The first-order valence-corrected chi connectivity index (χ1v) is 7.62. The van der Waals surface area contributed by atoms with Crippen LogP contribution >= 0.6 is 27.3 Å². The van der Waals surface area contributed by atoms with Gasteiger partial charge in [0.1, 0.15) is 11.6 Å². The van der Waals surface area contributed by atoms with Crippen molar-refractivity contribution in [1.82, 2.24) is 0 Å². The molecular weight excluding hydrogens is 332 g/mol. The van der Waals surface area contributed by atoms with Crippen LogP contribution in [0.3, 0.4) is 0 Å². The molecule has 1 N–H and O–H groups in total. The molecule has 0 fully saturated rings. The Morgan fingerprint density at radius 3 is 2.63 bits per heavy atom. The van der Waals surface area contributed by atoms with Crippen LogP contribution in [0.5, 0.6) is 0 Å². The minimum atomic E-state index is -0.597. The molecule has 0 saturated heterocycles. The third-order valence-electron chi connectivity index (χ3n) is 2.84. The number of thiophene rings is 1. The van der Waals surface area contributed by atoms with Gasteiger partial charge in [0.15, 0.2) is 0 Å². The van der Waals surface area contributed by atoms with Crippen molar-refractivity contribution in [1.29, 1.82) is 0 Å². The maximum Gasteiger partial charge on any atom is 0.149 e. The van der Waals surface area contributed by atoms with Gasteiger partial charge in [-0.2, -0.15) is 0 Å². The van der Waals surface area contributed by atoms with Crippen LogP contribution in [0.2, 0.25) is 0 Å². The molecule has 1 aromatic carbocycles. The summed E-state index contributed by atoms with van der Waals surface area (Å²) in [7, 11) is 0. The Bertz CT molecular complexity index is 583. The Labute approximate surface area is 123 Å². The lowest BCUT2D eigenvalue weighted by Gasteiger charge is -2.15. The smallest absolute Gasteiger partial charge is 0.149 e. The van der Waals surface area contributed by atoms with Gasteiger partial charge in [-0.15, -0.1) is 11.3 Å². The van der Waals surface area contributed by atoms with Crippen molar-refractivity contribution in [2.24, 2.45) is 0 Å². The first kappa shape index (κ1) is 14.5. The summed E-state index contributed by atoms with van der Waals surface area (Å²) in [4.78, 5) is 2.43. The van der Waals surface area contributed by atoms with E-state index in [4.69, 9.17) is 0 Å². The van der Waals surface area contributed by atoms with E-state index >= 15 is 0 Å². The lowest BCUT2D eigenvalue weighted by Crippen LogP contribution is -2.06. The zero-order valence-electron chi connectivity index (χ0n) is 10.6. The first-order chi connectivity index (χ1) is 9.01. The van der Waals surface area contributed by atoms with E-state index in [2.05, 4.69) is 34.2 Å². The predicted molar refractivity (Wildman–Crippen MR) is 79.8 cm³/mol. The summed E-state index contributed by atoms with van der Waals surface area (Å²) in [5.74, 6) is -1.18. The van der Waals surface area contributed by atoms with Crippen LogP contribution in [0, 0.1) is 11.6 Å². The van der Waals surface area contributed by atoms with Gasteiger partial charge in [-0.25, -0.2) is 8.78 Å². The van der Waals surface area contributed by atoms with Gasteiger partial charge in [-0.05, 0) is 47.5 Å². The molecule has 1 unspecified atom stereocenters. The van der Waals surface area contributed by atoms with Gasteiger partial charge in [0.2, 0.25) is 0 Å². The summed E-state index contributed by atoms with van der Waals surface area (Å²) in [6, 6.07) is 6.41. The number of benzene rings is 1. The number of aryl methyl sites for hydroxylation is 1. The first-order valence-electron chi connectivity index (χ1n) is 6.01. The molecule has 0 bridgehead atoms. The highest BCUT2D eigenvalue weighted by molar-refractivity contribution is 9.10. The molecule has 0 aliphatic carbocycles. The van der Waals surface area contributed by atoms with E-state index in [9.17, 15) is 8.78 Å². The number of nitrogens with one attached hydrogen (secondary N) is 1. The second-order valence-corrected chi connectivity index (χ2v) is 6.32. The Morgan fingerprint density at radius 1 is 1.26 bits per heavy atom. The van der Waals surface area contributed by atoms with Gasteiger partial charge in [0.05, 0.1) is 16.2 Å². The van der Waals surface area contributed by atoms with Crippen molar-refractivity contribution in [3.63, 3.8) is 0 Å². The molecule has 1 heterocycles. The Kier molecular flexibility index (Phi) is 4.58. The summed E-state index contributed by atoms with van der Waals surface area (Å²) in [5.41, 5.74) is 0.298. The SMILES string of the molecule is CCc1ccc(C(C)Nc2cc(Br)c(F)cc2F)s1. The summed E-state index contributed by atoms with van der Waals surface area (Å²) in [6.07, 6.45) is 0.994. The Morgan fingerprint density at radius 2 is 2.00 bits per heavy atom. The minimum absolute atomic E-state index is 0.0165. The minimum Gasteiger partial charge on any atom is -0.375 e. The average Bonchev–Trinajstić information content (AvgIpc) is 2.84. The fourth-order valence-electron chi connectivity index (χ4n) is 1.75. The lowest BCUT2D eigenvalue weighted by molar-refractivity contribution is 0.579. The number of rotatable bonds is 4. The molecule has 5 heteroatoms. The Hall–Kier alpha value is -0.940. The molecule has 19 heavy (non-hydrogen) atoms. The third-order valence-corrected chi connectivity index (χ3v) is 4.86. The van der Waals surface area contributed by atoms with Crippen LogP contribution < -0.4 is 5.32 Å². The highest BCUT2D eigenvalue weighted by Crippen LogP contribution is 2.29.